The Balaban J connectivity index is 1.56. The molecular weight excluding hydrogens is 470 g/mol. The predicted octanol–water partition coefficient (Wildman–Crippen LogP) is 1.29. The molecule has 2 aromatic carbocycles. The van der Waals surface area contributed by atoms with Crippen LogP contribution in [-0.4, -0.2) is 65.3 Å². The van der Waals surface area contributed by atoms with Gasteiger partial charge in [-0.05, 0) is 36.4 Å². The van der Waals surface area contributed by atoms with E-state index in [4.69, 9.17) is 11.6 Å². The number of benzene rings is 2. The van der Waals surface area contributed by atoms with E-state index in [2.05, 4.69) is 10.4 Å². The third-order valence-electron chi connectivity index (χ3n) is 5.36. The molecule has 10 nitrogen and oxygen atoms in total. The number of sulfonamides is 1. The first-order valence-corrected chi connectivity index (χ1v) is 11.8. The second kappa shape index (κ2) is 8.93. The van der Waals surface area contributed by atoms with E-state index in [9.17, 15) is 22.8 Å². The van der Waals surface area contributed by atoms with Gasteiger partial charge in [-0.2, -0.15) is 4.31 Å². The van der Waals surface area contributed by atoms with Gasteiger partial charge in [0.15, 0.2) is 0 Å². The Bertz CT molecular complexity index is 1410. The molecule has 2 amide bonds. The van der Waals surface area contributed by atoms with E-state index in [1.54, 1.807) is 17.0 Å². The molecule has 2 heterocycles. The number of carbonyl (C=O) groups excluding carboxylic acids is 2. The molecular formula is C21H20ClN5O5S. The average molecular weight is 490 g/mol. The van der Waals surface area contributed by atoms with E-state index in [1.165, 1.54) is 47.9 Å². The van der Waals surface area contributed by atoms with E-state index < -0.39 is 21.5 Å². The maximum absolute atomic E-state index is 13.0. The molecule has 0 saturated carbocycles. The van der Waals surface area contributed by atoms with Crippen molar-refractivity contribution in [1.29, 1.82) is 0 Å². The second-order valence-electron chi connectivity index (χ2n) is 7.46. The van der Waals surface area contributed by atoms with Gasteiger partial charge in [-0.15, -0.1) is 0 Å². The molecule has 1 fully saturated rings. The molecule has 0 aliphatic carbocycles. The molecule has 1 N–H and O–H groups in total. The highest BCUT2D eigenvalue weighted by atomic mass is 35.5. The fourth-order valence-electron chi connectivity index (χ4n) is 3.54. The number of piperazine rings is 1. The molecule has 3 aromatic rings. The lowest BCUT2D eigenvalue weighted by atomic mass is 10.2. The number of aromatic nitrogens is 2. The van der Waals surface area contributed by atoms with Crippen LogP contribution >= 0.6 is 11.6 Å². The average Bonchev–Trinajstić information content (AvgIpc) is 2.81. The van der Waals surface area contributed by atoms with Gasteiger partial charge in [0.05, 0.1) is 15.8 Å². The fraction of sp³-hybridized carbons (Fsp3) is 0.238. The highest BCUT2D eigenvalue weighted by molar-refractivity contribution is 7.89. The third kappa shape index (κ3) is 4.61. The lowest BCUT2D eigenvalue weighted by Gasteiger charge is -2.33. The zero-order chi connectivity index (χ0) is 23.8. The van der Waals surface area contributed by atoms with Crippen LogP contribution in [0.3, 0.4) is 0 Å². The van der Waals surface area contributed by atoms with Crippen molar-refractivity contribution in [2.75, 3.05) is 31.6 Å². The molecule has 0 unspecified atom stereocenters. The molecule has 1 saturated heterocycles. The molecule has 33 heavy (non-hydrogen) atoms. The van der Waals surface area contributed by atoms with Crippen molar-refractivity contribution >= 4 is 44.3 Å². The van der Waals surface area contributed by atoms with Crippen LogP contribution in [0.25, 0.3) is 10.9 Å². The summed E-state index contributed by atoms with van der Waals surface area (Å²) in [5.41, 5.74) is 2.37. The molecule has 1 aliphatic rings. The van der Waals surface area contributed by atoms with Gasteiger partial charge < -0.3 is 4.90 Å². The SMILES string of the molecule is CC(=O)N1CCN(S(=O)(=O)c2cccc(C(=O)Nn3cnc4ccc(Cl)cc4c3=O)c2)CC1. The molecule has 1 aliphatic heterocycles. The summed E-state index contributed by atoms with van der Waals surface area (Å²) in [4.78, 5) is 42.6. The van der Waals surface area contributed by atoms with Gasteiger partial charge in [-0.1, -0.05) is 17.7 Å². The monoisotopic (exact) mass is 489 g/mol. The summed E-state index contributed by atoms with van der Waals surface area (Å²) < 4.78 is 28.3. The van der Waals surface area contributed by atoms with Gasteiger partial charge in [0, 0.05) is 43.7 Å². The molecule has 4 rings (SSSR count). The fourth-order valence-corrected chi connectivity index (χ4v) is 5.18. The normalized spacial score (nSPS) is 14.9. The van der Waals surface area contributed by atoms with E-state index in [1.807, 2.05) is 0 Å². The van der Waals surface area contributed by atoms with Gasteiger partial charge >= 0.3 is 0 Å². The first kappa shape index (κ1) is 22.9. The minimum Gasteiger partial charge on any atom is -0.340 e. The number of rotatable bonds is 4. The Morgan fingerprint density at radius 3 is 2.48 bits per heavy atom. The standard InChI is InChI=1S/C21H20ClN5O5S/c1-14(28)25-7-9-26(10-8-25)33(31,32)17-4-2-3-15(11-17)20(29)24-27-13-23-19-6-5-16(22)12-18(19)21(27)30/h2-6,11-13H,7-10H2,1H3,(H,24,29). The molecule has 1 aromatic heterocycles. The van der Waals surface area contributed by atoms with E-state index >= 15 is 0 Å². The van der Waals surface area contributed by atoms with Crippen molar-refractivity contribution in [3.63, 3.8) is 0 Å². The molecule has 0 spiro atoms. The largest absolute Gasteiger partial charge is 0.340 e. The summed E-state index contributed by atoms with van der Waals surface area (Å²) in [5.74, 6) is -0.787. The predicted molar refractivity (Wildman–Crippen MR) is 122 cm³/mol. The van der Waals surface area contributed by atoms with Crippen molar-refractivity contribution in [3.8, 4) is 0 Å². The summed E-state index contributed by atoms with van der Waals surface area (Å²) in [6.07, 6.45) is 1.17. The number of halogens is 1. The van der Waals surface area contributed by atoms with Crippen LogP contribution in [0.1, 0.15) is 17.3 Å². The van der Waals surface area contributed by atoms with Crippen LogP contribution in [0, 0.1) is 0 Å². The maximum atomic E-state index is 13.0. The van der Waals surface area contributed by atoms with Crippen LogP contribution in [0.4, 0.5) is 0 Å². The Morgan fingerprint density at radius 2 is 1.79 bits per heavy atom. The lowest BCUT2D eigenvalue weighted by Crippen LogP contribution is -2.49. The maximum Gasteiger partial charge on any atom is 0.280 e. The zero-order valence-electron chi connectivity index (χ0n) is 17.6. The van der Waals surface area contributed by atoms with Crippen molar-refractivity contribution in [1.82, 2.24) is 18.9 Å². The molecule has 12 heteroatoms. The molecule has 172 valence electrons. The van der Waals surface area contributed by atoms with Crippen molar-refractivity contribution < 1.29 is 18.0 Å². The summed E-state index contributed by atoms with van der Waals surface area (Å²) in [5, 5.41) is 0.582. The number of nitrogens with one attached hydrogen (secondary N) is 1. The number of fused-ring (bicyclic) bond motifs is 1. The third-order valence-corrected chi connectivity index (χ3v) is 7.49. The number of amides is 2. The number of carbonyl (C=O) groups is 2. The van der Waals surface area contributed by atoms with E-state index in [0.29, 0.717) is 23.6 Å². The summed E-state index contributed by atoms with van der Waals surface area (Å²) in [6.45, 7) is 2.38. The van der Waals surface area contributed by atoms with Crippen LogP contribution in [-0.2, 0) is 14.8 Å². The summed E-state index contributed by atoms with van der Waals surface area (Å²) >= 11 is 5.95. The van der Waals surface area contributed by atoms with Crippen LogP contribution < -0.4 is 11.0 Å². The van der Waals surface area contributed by atoms with Gasteiger partial charge in [-0.25, -0.2) is 18.1 Å². The number of hydrogen-bond donors (Lipinski definition) is 1. The minimum absolute atomic E-state index is 0.0523. The molecule has 0 bridgehead atoms. The smallest absolute Gasteiger partial charge is 0.280 e. The van der Waals surface area contributed by atoms with Crippen LogP contribution in [0.5, 0.6) is 0 Å². The quantitative estimate of drug-likeness (QED) is 0.589. The summed E-state index contributed by atoms with van der Waals surface area (Å²) in [6, 6.07) is 10.2. The first-order chi connectivity index (χ1) is 15.7. The van der Waals surface area contributed by atoms with Crippen molar-refractivity contribution in [2.24, 2.45) is 0 Å². The zero-order valence-corrected chi connectivity index (χ0v) is 19.1. The Hall–Kier alpha value is -3.28. The van der Waals surface area contributed by atoms with Crippen molar-refractivity contribution in [2.45, 2.75) is 11.8 Å². The minimum atomic E-state index is -3.86. The summed E-state index contributed by atoms with van der Waals surface area (Å²) in [7, 11) is -3.86. The van der Waals surface area contributed by atoms with Crippen molar-refractivity contribution in [3.05, 3.63) is 69.7 Å². The van der Waals surface area contributed by atoms with E-state index in [-0.39, 0.29) is 34.8 Å². The molecule has 0 atom stereocenters. The van der Waals surface area contributed by atoms with Gasteiger partial charge in [0.1, 0.15) is 6.33 Å². The van der Waals surface area contributed by atoms with E-state index in [0.717, 1.165) is 4.68 Å². The van der Waals surface area contributed by atoms with Crippen LogP contribution in [0.2, 0.25) is 5.02 Å². The van der Waals surface area contributed by atoms with Gasteiger partial charge in [-0.3, -0.25) is 19.8 Å². The molecule has 0 radical (unpaired) electrons. The number of hydrogen-bond acceptors (Lipinski definition) is 6. The van der Waals surface area contributed by atoms with Gasteiger partial charge in [0.25, 0.3) is 11.5 Å². The topological polar surface area (TPSA) is 122 Å². The first-order valence-electron chi connectivity index (χ1n) is 10.0. The Labute approximate surface area is 194 Å². The Morgan fingerprint density at radius 1 is 1.06 bits per heavy atom. The second-order valence-corrected chi connectivity index (χ2v) is 9.83. The number of nitrogens with zero attached hydrogens (tertiary/aromatic N) is 4. The lowest BCUT2D eigenvalue weighted by molar-refractivity contribution is -0.129. The van der Waals surface area contributed by atoms with Crippen LogP contribution in [0.15, 0.2) is 58.5 Å². The Kier molecular flexibility index (Phi) is 6.19. The van der Waals surface area contributed by atoms with Gasteiger partial charge in [0.2, 0.25) is 15.9 Å². The highest BCUT2D eigenvalue weighted by Crippen LogP contribution is 2.19. The highest BCUT2D eigenvalue weighted by Gasteiger charge is 2.29.